The lowest BCUT2D eigenvalue weighted by molar-refractivity contribution is 0.658. The Hall–Kier alpha value is -5.16. The third-order valence-electron chi connectivity index (χ3n) is 17.9. The first kappa shape index (κ1) is 54.8. The van der Waals surface area contributed by atoms with E-state index in [-0.39, 0.29) is 0 Å². The second-order valence-electron chi connectivity index (χ2n) is 23.4. The molecule has 0 aliphatic rings. The smallest absolute Gasteiger partial charge is 0.0491 e. The van der Waals surface area contributed by atoms with E-state index in [0.717, 1.165) is 64.5 Å². The van der Waals surface area contributed by atoms with Crippen LogP contribution in [-0.2, 0) is 51.6 Å². The number of aryl methyl sites for hydroxylation is 7. The summed E-state index contributed by atoms with van der Waals surface area (Å²) in [5, 5.41) is 16.6. The Bertz CT molecular complexity index is 3710. The fraction of sp³-hybridized carbons (Fsp3) is 0.405. The molecule has 2 aromatic heterocycles. The van der Waals surface area contributed by atoms with Gasteiger partial charge in [-0.15, -0.1) is 0 Å². The van der Waals surface area contributed by atoms with Crippen LogP contribution >= 0.6 is 31.9 Å². The molecule has 2 heterocycles. The van der Waals surface area contributed by atoms with Gasteiger partial charge in [-0.25, -0.2) is 0 Å². The molecule has 78 heavy (non-hydrogen) atoms. The van der Waals surface area contributed by atoms with Crippen molar-refractivity contribution in [3.05, 3.63) is 164 Å². The maximum absolute atomic E-state index is 4.49. The SMILES string of the molecule is CCCCCCc1ccc2c(c1)c1cc(CCCCCC)ccc1n2CCCc1c(CCCn2c3ccc(CCCCCC)cc3c3cc(CCCCCC)ccc32)c2cccc3c4c(Br)ccc5cccc(c(c1Br)c23)c54. The normalized spacial score (nSPS) is 12.3. The monoisotopic (exact) mass is 1160 g/mol. The molecule has 0 bridgehead atoms. The molecule has 0 saturated heterocycles. The topological polar surface area (TPSA) is 9.86 Å². The first-order chi connectivity index (χ1) is 38.4. The highest BCUT2D eigenvalue weighted by Gasteiger charge is 2.23. The van der Waals surface area contributed by atoms with Crippen molar-refractivity contribution in [3.63, 3.8) is 0 Å². The van der Waals surface area contributed by atoms with E-state index >= 15 is 0 Å². The largest absolute Gasteiger partial charge is 0.340 e. The van der Waals surface area contributed by atoms with E-state index < -0.39 is 0 Å². The molecule has 0 fully saturated rings. The van der Waals surface area contributed by atoms with Crippen LogP contribution in [0.5, 0.6) is 0 Å². The molecule has 0 amide bonds. The lowest BCUT2D eigenvalue weighted by atomic mass is 9.84. The van der Waals surface area contributed by atoms with Crippen molar-refractivity contribution in [3.8, 4) is 0 Å². The molecule has 0 aliphatic heterocycles. The standard InChI is InChI=1S/C74H84Br2N2/c1-5-9-13-17-25-51-35-41-66-61(47-51)62-48-52(26-18-14-10-6-2)36-42-67(62)77(66)45-23-33-56-57-30-22-32-60-71(57)73(59-31-21-29-55-39-40-65(75)72(60)70(55)59)74(76)58(56)34-24-46-78-68-43-37-53(27-19-15-11-7-3)49-63(68)64-50-54(38-44-69(64)78)28-20-16-12-8-4/h21-22,29-32,35-44,47-50H,5-20,23-28,33-34,45-46H2,1-4H3. The zero-order valence-corrected chi connectivity index (χ0v) is 50.8. The average Bonchev–Trinajstić information content (AvgIpc) is 3.59. The highest BCUT2D eigenvalue weighted by molar-refractivity contribution is 9.11. The summed E-state index contributed by atoms with van der Waals surface area (Å²) in [6, 6.07) is 48.4. The van der Waals surface area contributed by atoms with Crippen molar-refractivity contribution < 1.29 is 0 Å². The summed E-state index contributed by atoms with van der Waals surface area (Å²) in [6.07, 6.45) is 29.5. The molecule has 9 aromatic carbocycles. The molecule has 0 N–H and O–H groups in total. The number of unbranched alkanes of at least 4 members (excludes halogenated alkanes) is 12. The van der Waals surface area contributed by atoms with Gasteiger partial charge < -0.3 is 9.13 Å². The van der Waals surface area contributed by atoms with Crippen molar-refractivity contribution in [1.82, 2.24) is 9.13 Å². The maximum atomic E-state index is 4.49. The lowest BCUT2D eigenvalue weighted by Gasteiger charge is -2.23. The van der Waals surface area contributed by atoms with Crippen LogP contribution in [0.2, 0.25) is 0 Å². The van der Waals surface area contributed by atoms with Crippen molar-refractivity contribution in [2.75, 3.05) is 0 Å². The van der Waals surface area contributed by atoms with E-state index in [4.69, 9.17) is 0 Å². The minimum atomic E-state index is 0.971. The van der Waals surface area contributed by atoms with Gasteiger partial charge in [0.1, 0.15) is 0 Å². The van der Waals surface area contributed by atoms with Gasteiger partial charge in [0, 0.05) is 76.4 Å². The fourth-order valence-corrected chi connectivity index (χ4v) is 15.2. The molecule has 0 spiro atoms. The van der Waals surface area contributed by atoms with Gasteiger partial charge in [-0.3, -0.25) is 0 Å². The van der Waals surface area contributed by atoms with Gasteiger partial charge in [0.25, 0.3) is 0 Å². The molecule has 0 radical (unpaired) electrons. The van der Waals surface area contributed by atoms with Crippen LogP contribution in [0.25, 0.3) is 86.7 Å². The summed E-state index contributed by atoms with van der Waals surface area (Å²) >= 11 is 8.56. The van der Waals surface area contributed by atoms with Crippen LogP contribution < -0.4 is 0 Å². The van der Waals surface area contributed by atoms with Gasteiger partial charge in [-0.2, -0.15) is 0 Å². The predicted molar refractivity (Wildman–Crippen MR) is 350 cm³/mol. The number of fused-ring (bicyclic) bond motifs is 8. The van der Waals surface area contributed by atoms with Crippen LogP contribution in [-0.4, -0.2) is 9.13 Å². The highest BCUT2D eigenvalue weighted by Crippen LogP contribution is 2.48. The van der Waals surface area contributed by atoms with Gasteiger partial charge in [0.05, 0.1) is 0 Å². The second kappa shape index (κ2) is 25.5. The van der Waals surface area contributed by atoms with Gasteiger partial charge in [-0.1, -0.05) is 187 Å². The number of nitrogens with zero attached hydrogens (tertiary/aromatic N) is 2. The second-order valence-corrected chi connectivity index (χ2v) is 25.0. The number of rotatable bonds is 28. The summed E-state index contributed by atoms with van der Waals surface area (Å²) in [5.74, 6) is 0. The van der Waals surface area contributed by atoms with E-state index in [1.807, 2.05) is 0 Å². The molecule has 0 unspecified atom stereocenters. The van der Waals surface area contributed by atoms with Crippen molar-refractivity contribution in [2.45, 2.75) is 195 Å². The molecule has 11 aromatic rings. The molecular formula is C74H84Br2N2. The van der Waals surface area contributed by atoms with E-state index in [2.05, 4.69) is 190 Å². The summed E-state index contributed by atoms with van der Waals surface area (Å²) in [5.41, 5.74) is 14.5. The van der Waals surface area contributed by atoms with Crippen molar-refractivity contribution >= 4 is 119 Å². The Labute approximate surface area is 482 Å². The quantitative estimate of drug-likeness (QED) is 0.0263. The van der Waals surface area contributed by atoms with E-state index in [1.54, 1.807) is 0 Å². The molecule has 2 nitrogen and oxygen atoms in total. The molecular weight excluding hydrogens is 1080 g/mol. The predicted octanol–water partition coefficient (Wildman–Crippen LogP) is 23.2. The molecule has 0 saturated carbocycles. The number of hydrogen-bond donors (Lipinski definition) is 0. The van der Waals surface area contributed by atoms with Gasteiger partial charge in [0.15, 0.2) is 0 Å². The Morgan fingerprint density at radius 1 is 0.308 bits per heavy atom. The summed E-state index contributed by atoms with van der Waals surface area (Å²) in [7, 11) is 0. The van der Waals surface area contributed by atoms with Crippen LogP contribution in [0.3, 0.4) is 0 Å². The number of hydrogen-bond acceptors (Lipinski definition) is 0. The Kier molecular flexibility index (Phi) is 17.9. The Balaban J connectivity index is 0.975. The molecule has 11 rings (SSSR count). The minimum Gasteiger partial charge on any atom is -0.340 e. The lowest BCUT2D eigenvalue weighted by Crippen LogP contribution is -2.06. The van der Waals surface area contributed by atoms with Crippen molar-refractivity contribution in [2.24, 2.45) is 0 Å². The van der Waals surface area contributed by atoms with Crippen LogP contribution in [0.4, 0.5) is 0 Å². The van der Waals surface area contributed by atoms with Gasteiger partial charge in [0.2, 0.25) is 0 Å². The van der Waals surface area contributed by atoms with Crippen LogP contribution in [0.1, 0.15) is 177 Å². The third kappa shape index (κ3) is 11.2. The summed E-state index contributed by atoms with van der Waals surface area (Å²) in [6.45, 7) is 11.2. The Morgan fingerprint density at radius 3 is 1.14 bits per heavy atom. The highest BCUT2D eigenvalue weighted by atomic mass is 79.9. The minimum absolute atomic E-state index is 0.971. The van der Waals surface area contributed by atoms with Crippen LogP contribution in [0.15, 0.2) is 130 Å². The number of halogens is 2. The third-order valence-corrected chi connectivity index (χ3v) is 19.4. The van der Waals surface area contributed by atoms with E-state index in [1.165, 1.54) is 232 Å². The fourth-order valence-electron chi connectivity index (χ4n) is 13.8. The number of aromatic nitrogens is 2. The zero-order valence-electron chi connectivity index (χ0n) is 47.6. The average molecular weight is 1160 g/mol. The molecule has 404 valence electrons. The molecule has 0 aliphatic carbocycles. The van der Waals surface area contributed by atoms with Crippen LogP contribution in [0, 0.1) is 0 Å². The summed E-state index contributed by atoms with van der Waals surface area (Å²) in [4.78, 5) is 0. The zero-order chi connectivity index (χ0) is 53.5. The van der Waals surface area contributed by atoms with E-state index in [9.17, 15) is 0 Å². The first-order valence-electron chi connectivity index (χ1n) is 31.0. The molecule has 4 heteroatoms. The van der Waals surface area contributed by atoms with E-state index in [0.29, 0.717) is 0 Å². The Morgan fingerprint density at radius 2 is 0.705 bits per heavy atom. The maximum Gasteiger partial charge on any atom is 0.0491 e. The van der Waals surface area contributed by atoms with Crippen molar-refractivity contribution in [1.29, 1.82) is 0 Å². The van der Waals surface area contributed by atoms with Gasteiger partial charge in [-0.05, 0) is 213 Å². The first-order valence-corrected chi connectivity index (χ1v) is 32.5. The van der Waals surface area contributed by atoms with Gasteiger partial charge >= 0.3 is 0 Å². The summed E-state index contributed by atoms with van der Waals surface area (Å²) < 4.78 is 7.80. The molecule has 0 atom stereocenters. The number of benzene rings is 9.